The number of hydrogen-bond acceptors (Lipinski definition) is 12. The van der Waals surface area contributed by atoms with E-state index in [1.807, 2.05) is 4.90 Å². The molecule has 278 valence electrons. The number of esters is 1. The standard InChI is InChI=1S/C33H43N5O11S2/c1-31(2)23(37-25(40)21(27(37)50-31)35-24(39)20-18(47-5)12-11-13-19(20)48-6)29(42)49-16-33(30(43)44)32(3,4)51(45,46)28-22(26(41)38(28)33)34-17-36-14-9-7-8-10-15-36/h11-13,17,21-23,27-28H,7-10,14-16H2,1-6H3,(H,35,39)(H,43,44)/t21-,22-,23+,27-,28-,33+/m1/s1. The number of aliphatic carboxylic acids is 1. The van der Waals surface area contributed by atoms with Crippen molar-refractivity contribution in [3.63, 3.8) is 0 Å². The molecule has 0 aromatic heterocycles. The largest absolute Gasteiger partial charge is 0.496 e. The Labute approximate surface area is 300 Å². The molecule has 5 fully saturated rings. The number of β-lactam (4-membered cyclic amide) rings is 2. The minimum absolute atomic E-state index is 0.0915. The second kappa shape index (κ2) is 12.9. The van der Waals surface area contributed by atoms with Crippen molar-refractivity contribution in [2.24, 2.45) is 4.99 Å². The summed E-state index contributed by atoms with van der Waals surface area (Å²) >= 11 is 1.25. The van der Waals surface area contributed by atoms with Crippen LogP contribution < -0.4 is 14.8 Å². The summed E-state index contributed by atoms with van der Waals surface area (Å²) in [6, 6.07) is 1.25. The van der Waals surface area contributed by atoms with E-state index in [4.69, 9.17) is 14.2 Å². The number of fused-ring (bicyclic) bond motifs is 2. The first-order chi connectivity index (χ1) is 24.0. The number of nitrogens with zero attached hydrogens (tertiary/aromatic N) is 4. The molecule has 1 aromatic carbocycles. The number of likely N-dealkylation sites (tertiary alicyclic amines) is 1. The van der Waals surface area contributed by atoms with E-state index in [0.29, 0.717) is 13.1 Å². The van der Waals surface area contributed by atoms with E-state index in [1.165, 1.54) is 51.1 Å². The van der Waals surface area contributed by atoms with E-state index >= 15 is 0 Å². The highest BCUT2D eigenvalue weighted by Crippen LogP contribution is 2.55. The topological polar surface area (TPSA) is 202 Å². The van der Waals surface area contributed by atoms with E-state index in [9.17, 15) is 37.5 Å². The second-order valence-corrected chi connectivity index (χ2v) is 18.7. The Morgan fingerprint density at radius 1 is 1.02 bits per heavy atom. The number of thioether (sulfide) groups is 1. The summed E-state index contributed by atoms with van der Waals surface area (Å²) in [7, 11) is -1.56. The lowest BCUT2D eigenvalue weighted by atomic mass is 9.81. The van der Waals surface area contributed by atoms with Gasteiger partial charge in [0.15, 0.2) is 26.8 Å². The third-order valence-electron chi connectivity index (χ3n) is 10.9. The number of carboxylic acid groups (broad SMARTS) is 1. The summed E-state index contributed by atoms with van der Waals surface area (Å²) in [5.41, 5.74) is -2.37. The monoisotopic (exact) mass is 749 g/mol. The average Bonchev–Trinajstić information content (AvgIpc) is 3.23. The van der Waals surface area contributed by atoms with Crippen molar-refractivity contribution in [2.75, 3.05) is 33.9 Å². The normalized spacial score (nSPS) is 31.6. The van der Waals surface area contributed by atoms with E-state index < -0.39 is 90.0 Å². The third-order valence-corrected chi connectivity index (χ3v) is 15.3. The molecule has 0 radical (unpaired) electrons. The van der Waals surface area contributed by atoms with Gasteiger partial charge < -0.3 is 39.3 Å². The van der Waals surface area contributed by atoms with Crippen LogP contribution in [-0.4, -0.2) is 142 Å². The second-order valence-electron chi connectivity index (χ2n) is 14.3. The van der Waals surface area contributed by atoms with Crippen molar-refractivity contribution in [1.82, 2.24) is 20.0 Å². The van der Waals surface area contributed by atoms with Crippen molar-refractivity contribution in [3.8, 4) is 11.5 Å². The van der Waals surface area contributed by atoms with Crippen molar-refractivity contribution in [2.45, 2.75) is 97.3 Å². The molecule has 5 aliphatic heterocycles. The number of benzene rings is 1. The molecular formula is C33H43N5O11S2. The number of hydrogen-bond donors (Lipinski definition) is 2. The fourth-order valence-electron chi connectivity index (χ4n) is 7.84. The average molecular weight is 750 g/mol. The zero-order valence-corrected chi connectivity index (χ0v) is 30.9. The quantitative estimate of drug-likeness (QED) is 0.148. The van der Waals surface area contributed by atoms with E-state index in [0.717, 1.165) is 30.6 Å². The van der Waals surface area contributed by atoms with Gasteiger partial charge in [-0.1, -0.05) is 18.9 Å². The van der Waals surface area contributed by atoms with Crippen LogP contribution in [0.15, 0.2) is 23.2 Å². The van der Waals surface area contributed by atoms with Crippen LogP contribution in [0.4, 0.5) is 0 Å². The number of ether oxygens (including phenoxy) is 3. The molecule has 3 amide bonds. The Bertz CT molecular complexity index is 1770. The first kappa shape index (κ1) is 36.7. The molecule has 6 rings (SSSR count). The molecule has 51 heavy (non-hydrogen) atoms. The van der Waals surface area contributed by atoms with Crippen molar-refractivity contribution >= 4 is 57.6 Å². The number of rotatable bonds is 10. The maximum absolute atomic E-state index is 13.9. The van der Waals surface area contributed by atoms with Crippen LogP contribution in [0.2, 0.25) is 0 Å². The van der Waals surface area contributed by atoms with E-state index in [-0.39, 0.29) is 17.1 Å². The number of amides is 3. The lowest BCUT2D eigenvalue weighted by Crippen LogP contribution is -2.74. The summed E-state index contributed by atoms with van der Waals surface area (Å²) in [6.07, 6.45) is 5.48. The van der Waals surface area contributed by atoms with Gasteiger partial charge in [-0.2, -0.15) is 0 Å². The van der Waals surface area contributed by atoms with E-state index in [1.54, 1.807) is 32.0 Å². The summed E-state index contributed by atoms with van der Waals surface area (Å²) in [5, 5.41) is 11.1. The molecule has 5 aliphatic rings. The Kier molecular flexibility index (Phi) is 9.26. The Morgan fingerprint density at radius 3 is 2.20 bits per heavy atom. The minimum Gasteiger partial charge on any atom is -0.496 e. The highest BCUT2D eigenvalue weighted by molar-refractivity contribution is 8.01. The number of sulfone groups is 1. The predicted octanol–water partition coefficient (Wildman–Crippen LogP) is 0.879. The first-order valence-corrected chi connectivity index (χ1v) is 19.2. The SMILES string of the molecule is COc1cccc(OC)c1C(=O)N[C@@H]1C(=O)N2[C@@H]1SC(C)(C)[C@@H]2C(=O)OC[C@@]1(C(=O)O)N2C(=O)[C@@H](N=CN3CCCCCC3)[C@H]2S(=O)(=O)C1(C)C. The van der Waals surface area contributed by atoms with Crippen LogP contribution in [0.25, 0.3) is 0 Å². The molecule has 2 N–H and O–H groups in total. The number of aliphatic imine (C=N–C) groups is 1. The minimum atomic E-state index is -4.35. The summed E-state index contributed by atoms with van der Waals surface area (Å²) in [6.45, 7) is 6.28. The molecule has 0 bridgehead atoms. The van der Waals surface area contributed by atoms with Crippen molar-refractivity contribution in [3.05, 3.63) is 23.8 Å². The van der Waals surface area contributed by atoms with Crippen LogP contribution >= 0.6 is 11.8 Å². The fraction of sp³-hybridized carbons (Fsp3) is 0.636. The number of carbonyl (C=O) groups is 5. The smallest absolute Gasteiger partial charge is 0.334 e. The Morgan fingerprint density at radius 2 is 1.63 bits per heavy atom. The molecule has 6 atom stereocenters. The lowest BCUT2D eigenvalue weighted by Gasteiger charge is -2.47. The van der Waals surface area contributed by atoms with Gasteiger partial charge in [0.05, 0.1) is 20.6 Å². The van der Waals surface area contributed by atoms with Gasteiger partial charge in [-0.3, -0.25) is 19.4 Å². The van der Waals surface area contributed by atoms with Gasteiger partial charge >= 0.3 is 11.9 Å². The molecule has 0 unspecified atom stereocenters. The Balaban J connectivity index is 1.20. The van der Waals surface area contributed by atoms with E-state index in [2.05, 4.69) is 10.3 Å². The molecule has 0 spiro atoms. The Hall–Kier alpha value is -4.06. The zero-order chi connectivity index (χ0) is 37.3. The molecule has 5 heterocycles. The van der Waals surface area contributed by atoms with Gasteiger partial charge in [0, 0.05) is 17.8 Å². The molecule has 0 saturated carbocycles. The first-order valence-electron chi connectivity index (χ1n) is 16.7. The van der Waals surface area contributed by atoms with Gasteiger partial charge in [-0.05, 0) is 52.7 Å². The van der Waals surface area contributed by atoms with Gasteiger partial charge in [0.25, 0.3) is 11.8 Å². The van der Waals surface area contributed by atoms with Crippen LogP contribution in [0.3, 0.4) is 0 Å². The maximum atomic E-state index is 13.9. The van der Waals surface area contributed by atoms with Crippen molar-refractivity contribution in [1.29, 1.82) is 0 Å². The van der Waals surface area contributed by atoms with Gasteiger partial charge in [-0.15, -0.1) is 11.8 Å². The maximum Gasteiger partial charge on any atom is 0.334 e. The zero-order valence-electron chi connectivity index (χ0n) is 29.3. The number of nitrogens with one attached hydrogen (secondary N) is 1. The highest BCUT2D eigenvalue weighted by atomic mass is 32.2. The van der Waals surface area contributed by atoms with Crippen LogP contribution in [-0.2, 0) is 33.8 Å². The molecule has 1 aromatic rings. The molecule has 0 aliphatic carbocycles. The van der Waals surface area contributed by atoms with Crippen LogP contribution in [0.1, 0.15) is 63.7 Å². The predicted molar refractivity (Wildman–Crippen MR) is 184 cm³/mol. The van der Waals surface area contributed by atoms with Gasteiger partial charge in [0.2, 0.25) is 5.91 Å². The van der Waals surface area contributed by atoms with Crippen LogP contribution in [0, 0.1) is 0 Å². The highest BCUT2D eigenvalue weighted by Gasteiger charge is 2.80. The molecule has 18 heteroatoms. The summed E-state index contributed by atoms with van der Waals surface area (Å²) in [4.78, 5) is 75.6. The summed E-state index contributed by atoms with van der Waals surface area (Å²) in [5.74, 6) is -4.14. The molecule has 5 saturated heterocycles. The van der Waals surface area contributed by atoms with Crippen molar-refractivity contribution < 1.29 is 51.7 Å². The lowest BCUT2D eigenvalue weighted by molar-refractivity contribution is -0.181. The molecule has 16 nitrogen and oxygen atoms in total. The number of carboxylic acids is 1. The third kappa shape index (κ3) is 5.34. The number of carbonyl (C=O) groups excluding carboxylic acids is 4. The molecular weight excluding hydrogens is 707 g/mol. The van der Waals surface area contributed by atoms with Gasteiger partial charge in [-0.25, -0.2) is 18.0 Å². The summed E-state index contributed by atoms with van der Waals surface area (Å²) < 4.78 is 41.1. The fourth-order valence-corrected chi connectivity index (χ4v) is 11.9. The van der Waals surface area contributed by atoms with Gasteiger partial charge in [0.1, 0.15) is 45.9 Å². The number of methoxy groups -OCH3 is 2. The van der Waals surface area contributed by atoms with Crippen LogP contribution in [0.5, 0.6) is 11.5 Å².